The number of methoxy groups -OCH3 is 1. The van der Waals surface area contributed by atoms with Crippen molar-refractivity contribution >= 4 is 5.91 Å². The summed E-state index contributed by atoms with van der Waals surface area (Å²) in [5.41, 5.74) is -0.381. The number of phenolic OH excluding ortho intramolecular Hbond substituents is 1. The standard InChI is InChI=1S/C29H31F3N2O4/c1-33-15-14-27-17-21(34(2)24(36)11-6-18-4-8-20(9-5-18)29(30,31)32)12-13-28(27,37)23(33)16-19-7-10-22(35)26(38-3)25(19)27/h4-5,7-10,21,23,35,37H,12-17H2,1-3H3/t21-,23-,27-,28-/m1/s1. The van der Waals surface area contributed by atoms with Crippen LogP contribution >= 0.6 is 0 Å². The Morgan fingerprint density at radius 2 is 1.89 bits per heavy atom. The quantitative estimate of drug-likeness (QED) is 0.582. The van der Waals surface area contributed by atoms with Crippen LogP contribution in [0.25, 0.3) is 0 Å². The van der Waals surface area contributed by atoms with Crippen molar-refractivity contribution in [2.24, 2.45) is 0 Å². The molecule has 0 radical (unpaired) electrons. The number of carbonyl (C=O) groups is 1. The lowest BCUT2D eigenvalue weighted by Crippen LogP contribution is -2.73. The number of benzene rings is 2. The van der Waals surface area contributed by atoms with Gasteiger partial charge in [0.1, 0.15) is 0 Å². The van der Waals surface area contributed by atoms with Gasteiger partial charge in [-0.1, -0.05) is 12.0 Å². The first kappa shape index (κ1) is 26.4. The van der Waals surface area contributed by atoms with Gasteiger partial charge in [-0.15, -0.1) is 0 Å². The lowest BCUT2D eigenvalue weighted by Gasteiger charge is -2.64. The molecule has 0 unspecified atom stereocenters. The summed E-state index contributed by atoms with van der Waals surface area (Å²) in [7, 11) is 5.21. The molecule has 202 valence electrons. The smallest absolute Gasteiger partial charge is 0.416 e. The Bertz CT molecular complexity index is 1320. The second-order valence-electron chi connectivity index (χ2n) is 10.7. The fraction of sp³-hybridized carbons (Fsp3) is 0.483. The summed E-state index contributed by atoms with van der Waals surface area (Å²) in [6.07, 6.45) is -1.64. The predicted octanol–water partition coefficient (Wildman–Crippen LogP) is 3.71. The summed E-state index contributed by atoms with van der Waals surface area (Å²) in [4.78, 5) is 16.8. The molecule has 1 amide bonds. The lowest BCUT2D eigenvalue weighted by atomic mass is 9.48. The van der Waals surface area contributed by atoms with E-state index in [9.17, 15) is 28.2 Å². The largest absolute Gasteiger partial charge is 0.504 e. The molecule has 0 spiro atoms. The molecule has 9 heteroatoms. The molecule has 2 aromatic carbocycles. The molecule has 2 aliphatic carbocycles. The van der Waals surface area contributed by atoms with Gasteiger partial charge < -0.3 is 24.7 Å². The van der Waals surface area contributed by atoms with Crippen LogP contribution in [0, 0.1) is 11.8 Å². The Labute approximate surface area is 220 Å². The molecule has 5 rings (SSSR count). The van der Waals surface area contributed by atoms with Crippen LogP contribution in [-0.4, -0.2) is 71.4 Å². The number of fused-ring (bicyclic) bond motifs is 1. The van der Waals surface area contributed by atoms with Crippen molar-refractivity contribution in [3.8, 4) is 23.3 Å². The van der Waals surface area contributed by atoms with Crippen molar-refractivity contribution in [2.75, 3.05) is 27.7 Å². The summed E-state index contributed by atoms with van der Waals surface area (Å²) in [6, 6.07) is 7.58. The molecule has 2 fully saturated rings. The highest BCUT2D eigenvalue weighted by Crippen LogP contribution is 2.61. The van der Waals surface area contributed by atoms with E-state index in [0.717, 1.165) is 29.8 Å². The van der Waals surface area contributed by atoms with E-state index < -0.39 is 28.7 Å². The van der Waals surface area contributed by atoms with Crippen molar-refractivity contribution < 1.29 is 32.9 Å². The molecular weight excluding hydrogens is 497 g/mol. The molecule has 1 saturated heterocycles. The van der Waals surface area contributed by atoms with Crippen LogP contribution < -0.4 is 4.74 Å². The SMILES string of the molecule is COc1c(O)ccc2c1[C@]13CCN(C)[C@H](C2)[C@]1(O)CC[C@@H](N(C)C(=O)C#Cc1ccc(C(F)(F)F)cc1)C3. The monoisotopic (exact) mass is 528 g/mol. The molecule has 38 heavy (non-hydrogen) atoms. The van der Waals surface area contributed by atoms with E-state index >= 15 is 0 Å². The van der Waals surface area contributed by atoms with E-state index in [-0.39, 0.29) is 17.8 Å². The Kier molecular flexibility index (Phi) is 6.40. The van der Waals surface area contributed by atoms with Crippen molar-refractivity contribution in [2.45, 2.75) is 61.4 Å². The van der Waals surface area contributed by atoms with Crippen molar-refractivity contribution in [3.63, 3.8) is 0 Å². The normalized spacial score (nSPS) is 28.4. The van der Waals surface area contributed by atoms with Gasteiger partial charge in [-0.05, 0) is 81.6 Å². The summed E-state index contributed by atoms with van der Waals surface area (Å²) in [5, 5.41) is 22.9. The van der Waals surface area contributed by atoms with Crippen molar-refractivity contribution in [1.82, 2.24) is 9.80 Å². The van der Waals surface area contributed by atoms with Gasteiger partial charge >= 0.3 is 6.18 Å². The van der Waals surface area contributed by atoms with E-state index in [1.807, 2.05) is 13.1 Å². The second kappa shape index (κ2) is 9.21. The fourth-order valence-corrected chi connectivity index (χ4v) is 6.94. The Balaban J connectivity index is 1.45. The average Bonchev–Trinajstić information content (AvgIpc) is 2.88. The number of amides is 1. The number of phenols is 1. The van der Waals surface area contributed by atoms with E-state index in [1.54, 1.807) is 18.0 Å². The Morgan fingerprint density at radius 1 is 1.18 bits per heavy atom. The maximum Gasteiger partial charge on any atom is 0.416 e. The number of halogens is 3. The molecule has 4 atom stereocenters. The molecule has 0 aromatic heterocycles. The van der Waals surface area contributed by atoms with Crippen LogP contribution in [-0.2, 0) is 22.8 Å². The zero-order chi connectivity index (χ0) is 27.5. The minimum absolute atomic E-state index is 0.0225. The molecule has 1 aliphatic heterocycles. The number of piperidine rings is 1. The number of likely N-dealkylation sites (N-methyl/N-ethyl adjacent to an activating group) is 1. The summed E-state index contributed by atoms with van der Waals surface area (Å²) in [6.45, 7) is 0.753. The van der Waals surface area contributed by atoms with Crippen molar-refractivity contribution in [3.05, 3.63) is 58.7 Å². The van der Waals surface area contributed by atoms with Crippen LogP contribution in [0.1, 0.15) is 47.9 Å². The van der Waals surface area contributed by atoms with Gasteiger partial charge in [0, 0.05) is 41.6 Å². The first-order valence-corrected chi connectivity index (χ1v) is 12.7. The summed E-state index contributed by atoms with van der Waals surface area (Å²) >= 11 is 0. The maximum absolute atomic E-state index is 13.1. The van der Waals surface area contributed by atoms with Crippen LogP contribution in [0.15, 0.2) is 36.4 Å². The Morgan fingerprint density at radius 3 is 2.55 bits per heavy atom. The average molecular weight is 529 g/mol. The molecule has 6 nitrogen and oxygen atoms in total. The summed E-state index contributed by atoms with van der Waals surface area (Å²) in [5.74, 6) is 5.20. The number of aromatic hydroxyl groups is 1. The van der Waals surface area contributed by atoms with Gasteiger partial charge in [-0.2, -0.15) is 13.2 Å². The zero-order valence-corrected chi connectivity index (χ0v) is 21.6. The van der Waals surface area contributed by atoms with Gasteiger partial charge in [-0.25, -0.2) is 0 Å². The van der Waals surface area contributed by atoms with Gasteiger partial charge in [0.05, 0.1) is 18.3 Å². The number of nitrogens with zero attached hydrogens (tertiary/aromatic N) is 2. The third-order valence-corrected chi connectivity index (χ3v) is 8.96. The van der Waals surface area contributed by atoms with E-state index in [2.05, 4.69) is 16.7 Å². The highest BCUT2D eigenvalue weighted by Gasteiger charge is 2.65. The molecule has 1 saturated carbocycles. The van der Waals surface area contributed by atoms with E-state index in [4.69, 9.17) is 4.74 Å². The molecule has 2 N–H and O–H groups in total. The number of hydrogen-bond donors (Lipinski definition) is 2. The lowest BCUT2D eigenvalue weighted by molar-refractivity contribution is -0.173. The first-order chi connectivity index (χ1) is 17.9. The maximum atomic E-state index is 13.1. The molecular formula is C29H31F3N2O4. The van der Waals surface area contributed by atoms with Crippen LogP contribution in [0.4, 0.5) is 13.2 Å². The van der Waals surface area contributed by atoms with Crippen molar-refractivity contribution in [1.29, 1.82) is 0 Å². The molecule has 3 aliphatic rings. The minimum atomic E-state index is -4.44. The van der Waals surface area contributed by atoms with Crippen LogP contribution in [0.2, 0.25) is 0 Å². The second-order valence-corrected chi connectivity index (χ2v) is 10.7. The Hall–Kier alpha value is -3.22. The number of ether oxygens (including phenoxy) is 1. The molecule has 2 bridgehead atoms. The van der Waals surface area contributed by atoms with Gasteiger partial charge in [0.2, 0.25) is 0 Å². The number of aliphatic hydroxyl groups is 1. The molecule has 2 aromatic rings. The van der Waals surface area contributed by atoms with Gasteiger partial charge in [0.25, 0.3) is 5.91 Å². The third kappa shape index (κ3) is 4.02. The third-order valence-electron chi connectivity index (χ3n) is 8.96. The summed E-state index contributed by atoms with van der Waals surface area (Å²) < 4.78 is 44.1. The number of hydrogen-bond acceptors (Lipinski definition) is 5. The van der Waals surface area contributed by atoms with Crippen LogP contribution in [0.5, 0.6) is 11.5 Å². The highest BCUT2D eigenvalue weighted by molar-refractivity contribution is 5.94. The number of likely N-dealkylation sites (tertiary alicyclic amines) is 1. The van der Waals surface area contributed by atoms with Gasteiger partial charge in [-0.3, -0.25) is 4.79 Å². The fourth-order valence-electron chi connectivity index (χ4n) is 6.94. The number of carbonyl (C=O) groups excluding carboxylic acids is 1. The number of alkyl halides is 3. The topological polar surface area (TPSA) is 73.2 Å². The first-order valence-electron chi connectivity index (χ1n) is 12.7. The van der Waals surface area contributed by atoms with E-state index in [1.165, 1.54) is 19.2 Å². The number of rotatable bonds is 2. The van der Waals surface area contributed by atoms with Crippen LogP contribution in [0.3, 0.4) is 0 Å². The zero-order valence-electron chi connectivity index (χ0n) is 21.6. The minimum Gasteiger partial charge on any atom is -0.504 e. The molecule has 1 heterocycles. The van der Waals surface area contributed by atoms with E-state index in [0.29, 0.717) is 43.4 Å². The predicted molar refractivity (Wildman–Crippen MR) is 135 cm³/mol. The van der Waals surface area contributed by atoms with Gasteiger partial charge in [0.15, 0.2) is 11.5 Å². The highest BCUT2D eigenvalue weighted by atomic mass is 19.4.